The van der Waals surface area contributed by atoms with Crippen LogP contribution in [-0.4, -0.2) is 12.1 Å². The summed E-state index contributed by atoms with van der Waals surface area (Å²) in [5.74, 6) is 0. The minimum Gasteiger partial charge on any atom is -0.311 e. The fourth-order valence-electron chi connectivity index (χ4n) is 2.20. The Bertz CT molecular complexity index is 170. The largest absolute Gasteiger partial charge is 0.311 e. The predicted octanol–water partition coefficient (Wildman–Crippen LogP) is 2.63. The van der Waals surface area contributed by atoms with Gasteiger partial charge < -0.3 is 5.32 Å². The molecule has 1 unspecified atom stereocenters. The van der Waals surface area contributed by atoms with E-state index >= 15 is 0 Å². The van der Waals surface area contributed by atoms with E-state index in [1.807, 2.05) is 0 Å². The van der Waals surface area contributed by atoms with Gasteiger partial charge in [-0.15, -0.1) is 0 Å². The Labute approximate surface area is 75.2 Å². The summed E-state index contributed by atoms with van der Waals surface area (Å²) in [7, 11) is 0. The van der Waals surface area contributed by atoms with Crippen LogP contribution in [0.4, 0.5) is 0 Å². The van der Waals surface area contributed by atoms with Crippen LogP contribution < -0.4 is 5.32 Å². The molecule has 0 aromatic heterocycles. The molecule has 1 nitrogen and oxygen atoms in total. The molecule has 0 bridgehead atoms. The first kappa shape index (κ1) is 8.31. The highest BCUT2D eigenvalue weighted by Gasteiger charge is 2.22. The summed E-state index contributed by atoms with van der Waals surface area (Å²) in [5, 5.41) is 3.72. The summed E-state index contributed by atoms with van der Waals surface area (Å²) in [6, 6.07) is 1.61. The molecule has 2 saturated carbocycles. The second kappa shape index (κ2) is 3.61. The Morgan fingerprint density at radius 3 is 2.42 bits per heavy atom. The van der Waals surface area contributed by atoms with E-state index in [0.29, 0.717) is 0 Å². The van der Waals surface area contributed by atoms with Gasteiger partial charge in [0.15, 0.2) is 0 Å². The normalized spacial score (nSPS) is 31.7. The molecule has 2 aliphatic carbocycles. The van der Waals surface area contributed by atoms with Gasteiger partial charge in [-0.25, -0.2) is 0 Å². The number of rotatable bonds is 2. The standard InChI is InChI=1S/C11H19N/c1-9-4-2-7-11(8-9)12-10-5-3-6-10/h10-12H,1-8H2. The SMILES string of the molecule is C=C1CCCC(NC2CCC2)C1. The molecule has 0 amide bonds. The molecule has 0 spiro atoms. The third-order valence-corrected chi connectivity index (χ3v) is 3.19. The molecule has 12 heavy (non-hydrogen) atoms. The fourth-order valence-corrected chi connectivity index (χ4v) is 2.20. The van der Waals surface area contributed by atoms with Crippen LogP contribution in [0.1, 0.15) is 44.9 Å². The first-order chi connectivity index (χ1) is 5.84. The van der Waals surface area contributed by atoms with Crippen molar-refractivity contribution in [2.75, 3.05) is 0 Å². The summed E-state index contributed by atoms with van der Waals surface area (Å²) in [4.78, 5) is 0. The van der Waals surface area contributed by atoms with Gasteiger partial charge in [0.25, 0.3) is 0 Å². The lowest BCUT2D eigenvalue weighted by Crippen LogP contribution is -2.43. The second-order valence-corrected chi connectivity index (χ2v) is 4.34. The summed E-state index contributed by atoms with van der Waals surface area (Å²) >= 11 is 0. The molecule has 0 heterocycles. The summed E-state index contributed by atoms with van der Waals surface area (Å²) in [6.45, 7) is 4.08. The molecular formula is C11H19N. The van der Waals surface area contributed by atoms with Crippen molar-refractivity contribution in [3.63, 3.8) is 0 Å². The molecule has 0 aliphatic heterocycles. The van der Waals surface area contributed by atoms with E-state index in [4.69, 9.17) is 0 Å². The highest BCUT2D eigenvalue weighted by molar-refractivity contribution is 5.02. The molecular weight excluding hydrogens is 146 g/mol. The Morgan fingerprint density at radius 2 is 1.83 bits per heavy atom. The molecule has 68 valence electrons. The van der Waals surface area contributed by atoms with Gasteiger partial charge in [-0.1, -0.05) is 18.6 Å². The van der Waals surface area contributed by atoms with Crippen molar-refractivity contribution in [1.29, 1.82) is 0 Å². The fraction of sp³-hybridized carbons (Fsp3) is 0.818. The van der Waals surface area contributed by atoms with Gasteiger partial charge in [-0.3, -0.25) is 0 Å². The van der Waals surface area contributed by atoms with Crippen LogP contribution in [0.2, 0.25) is 0 Å². The van der Waals surface area contributed by atoms with Gasteiger partial charge in [0.2, 0.25) is 0 Å². The smallest absolute Gasteiger partial charge is 0.0107 e. The minimum atomic E-state index is 0.761. The van der Waals surface area contributed by atoms with Crippen LogP contribution in [0.25, 0.3) is 0 Å². The van der Waals surface area contributed by atoms with E-state index < -0.39 is 0 Å². The first-order valence-electron chi connectivity index (χ1n) is 5.27. The third-order valence-electron chi connectivity index (χ3n) is 3.19. The van der Waals surface area contributed by atoms with Crippen LogP contribution in [0, 0.1) is 0 Å². The molecule has 0 aromatic carbocycles. The van der Waals surface area contributed by atoms with Crippen LogP contribution >= 0.6 is 0 Å². The maximum absolute atomic E-state index is 4.08. The van der Waals surface area contributed by atoms with E-state index in [1.54, 1.807) is 0 Å². The van der Waals surface area contributed by atoms with Crippen LogP contribution in [0.3, 0.4) is 0 Å². The molecule has 2 aliphatic rings. The number of hydrogen-bond acceptors (Lipinski definition) is 1. The zero-order valence-corrected chi connectivity index (χ0v) is 7.81. The quantitative estimate of drug-likeness (QED) is 0.620. The van der Waals surface area contributed by atoms with Crippen LogP contribution in [0.5, 0.6) is 0 Å². The molecule has 2 fully saturated rings. The monoisotopic (exact) mass is 165 g/mol. The molecule has 1 atom stereocenters. The van der Waals surface area contributed by atoms with Gasteiger partial charge in [-0.2, -0.15) is 0 Å². The Balaban J connectivity index is 1.74. The van der Waals surface area contributed by atoms with Gasteiger partial charge in [0, 0.05) is 12.1 Å². The first-order valence-corrected chi connectivity index (χ1v) is 5.27. The Morgan fingerprint density at radius 1 is 1.08 bits per heavy atom. The van der Waals surface area contributed by atoms with E-state index in [1.165, 1.54) is 50.5 Å². The Hall–Kier alpha value is -0.300. The van der Waals surface area contributed by atoms with Gasteiger partial charge >= 0.3 is 0 Å². The predicted molar refractivity (Wildman–Crippen MR) is 52.2 cm³/mol. The Kier molecular flexibility index (Phi) is 2.50. The molecule has 2 rings (SSSR count). The average Bonchev–Trinajstić information content (AvgIpc) is 1.97. The zero-order chi connectivity index (χ0) is 8.39. The second-order valence-electron chi connectivity index (χ2n) is 4.34. The maximum atomic E-state index is 4.08. The summed E-state index contributed by atoms with van der Waals surface area (Å²) < 4.78 is 0. The van der Waals surface area contributed by atoms with Gasteiger partial charge in [0.1, 0.15) is 0 Å². The highest BCUT2D eigenvalue weighted by Crippen LogP contribution is 2.25. The summed E-state index contributed by atoms with van der Waals surface area (Å²) in [6.07, 6.45) is 9.47. The van der Waals surface area contributed by atoms with Gasteiger partial charge in [-0.05, 0) is 38.5 Å². The van der Waals surface area contributed by atoms with E-state index in [0.717, 1.165) is 12.1 Å². The lowest BCUT2D eigenvalue weighted by molar-refractivity contribution is 0.283. The topological polar surface area (TPSA) is 12.0 Å². The summed E-state index contributed by atoms with van der Waals surface area (Å²) in [5.41, 5.74) is 1.46. The molecule has 0 saturated heterocycles. The lowest BCUT2D eigenvalue weighted by Gasteiger charge is -2.34. The number of nitrogens with one attached hydrogen (secondary N) is 1. The van der Waals surface area contributed by atoms with E-state index in [2.05, 4.69) is 11.9 Å². The van der Waals surface area contributed by atoms with E-state index in [-0.39, 0.29) is 0 Å². The van der Waals surface area contributed by atoms with Crippen molar-refractivity contribution in [1.82, 2.24) is 5.32 Å². The maximum Gasteiger partial charge on any atom is 0.0107 e. The molecule has 0 radical (unpaired) electrons. The molecule has 0 aromatic rings. The van der Waals surface area contributed by atoms with Crippen LogP contribution in [0.15, 0.2) is 12.2 Å². The zero-order valence-electron chi connectivity index (χ0n) is 7.81. The molecule has 1 N–H and O–H groups in total. The highest BCUT2D eigenvalue weighted by atomic mass is 15.0. The lowest BCUT2D eigenvalue weighted by atomic mass is 9.87. The van der Waals surface area contributed by atoms with Crippen LogP contribution in [-0.2, 0) is 0 Å². The van der Waals surface area contributed by atoms with Crippen molar-refractivity contribution >= 4 is 0 Å². The van der Waals surface area contributed by atoms with Crippen molar-refractivity contribution in [2.24, 2.45) is 0 Å². The minimum absolute atomic E-state index is 0.761. The third kappa shape index (κ3) is 1.89. The van der Waals surface area contributed by atoms with Crippen molar-refractivity contribution < 1.29 is 0 Å². The van der Waals surface area contributed by atoms with Crippen molar-refractivity contribution in [3.8, 4) is 0 Å². The van der Waals surface area contributed by atoms with Crippen molar-refractivity contribution in [3.05, 3.63) is 12.2 Å². The average molecular weight is 165 g/mol. The van der Waals surface area contributed by atoms with Crippen molar-refractivity contribution in [2.45, 2.75) is 57.0 Å². The van der Waals surface area contributed by atoms with E-state index in [9.17, 15) is 0 Å². The number of hydrogen-bond donors (Lipinski definition) is 1. The molecule has 1 heteroatoms. The van der Waals surface area contributed by atoms with Gasteiger partial charge in [0.05, 0.1) is 0 Å².